The number of fused-ring (bicyclic) bond motifs is 1. The highest BCUT2D eigenvalue weighted by Crippen LogP contribution is 2.30. The van der Waals surface area contributed by atoms with Crippen LogP contribution in [0.4, 0.5) is 0 Å². The zero-order valence-electron chi connectivity index (χ0n) is 25.5. The monoisotopic (exact) mass is 588 g/mol. The number of tetrazole rings is 1. The summed E-state index contributed by atoms with van der Waals surface area (Å²) in [5, 5.41) is 14.6. The van der Waals surface area contributed by atoms with Crippen LogP contribution in [0.3, 0.4) is 0 Å². The molecule has 0 atom stereocenters. The average Bonchev–Trinajstić information content (AvgIpc) is 3.67. The molecule has 0 radical (unpaired) electrons. The molecule has 0 saturated heterocycles. The molecule has 0 unspecified atom stereocenters. The molecule has 1 N–H and O–H groups in total. The van der Waals surface area contributed by atoms with Crippen LogP contribution >= 0.6 is 0 Å². The van der Waals surface area contributed by atoms with Gasteiger partial charge < -0.3 is 4.57 Å². The molecule has 3 heterocycles. The van der Waals surface area contributed by atoms with Gasteiger partial charge in [-0.3, -0.25) is 13.9 Å². The van der Waals surface area contributed by atoms with Crippen molar-refractivity contribution >= 4 is 11.2 Å². The first-order chi connectivity index (χ1) is 21.2. The first-order valence-electron chi connectivity index (χ1n) is 14.9. The molecule has 0 spiro atoms. The Morgan fingerprint density at radius 1 is 0.795 bits per heavy atom. The van der Waals surface area contributed by atoms with Gasteiger partial charge in [-0.15, -0.1) is 10.2 Å². The SMILES string of the molecule is CCn1c(=O)n(CCc2ccccc2)c(=O)c2c1nc(CC(C)(C)C)n2Cc1ccc(-c2ccccc2-c2nn[nH]n2)cc1. The van der Waals surface area contributed by atoms with Gasteiger partial charge in [0.15, 0.2) is 11.2 Å². The van der Waals surface area contributed by atoms with Gasteiger partial charge in [0.1, 0.15) is 5.82 Å². The lowest BCUT2D eigenvalue weighted by Gasteiger charge is -2.19. The van der Waals surface area contributed by atoms with Gasteiger partial charge in [-0.2, -0.15) is 5.21 Å². The molecule has 224 valence electrons. The Balaban J connectivity index is 1.42. The van der Waals surface area contributed by atoms with Crippen LogP contribution < -0.4 is 11.2 Å². The summed E-state index contributed by atoms with van der Waals surface area (Å²) in [6.07, 6.45) is 1.24. The zero-order valence-corrected chi connectivity index (χ0v) is 25.5. The van der Waals surface area contributed by atoms with E-state index in [1.807, 2.05) is 66.1 Å². The van der Waals surface area contributed by atoms with E-state index in [-0.39, 0.29) is 16.7 Å². The predicted molar refractivity (Wildman–Crippen MR) is 171 cm³/mol. The van der Waals surface area contributed by atoms with Crippen molar-refractivity contribution in [3.05, 3.63) is 117 Å². The van der Waals surface area contributed by atoms with Gasteiger partial charge in [-0.1, -0.05) is 99.6 Å². The number of aryl methyl sites for hydroxylation is 2. The topological polar surface area (TPSA) is 116 Å². The van der Waals surface area contributed by atoms with E-state index >= 15 is 0 Å². The van der Waals surface area contributed by atoms with Crippen LogP contribution in [0, 0.1) is 5.41 Å². The van der Waals surface area contributed by atoms with Crippen molar-refractivity contribution in [1.29, 1.82) is 0 Å². The van der Waals surface area contributed by atoms with Crippen LogP contribution in [0.5, 0.6) is 0 Å². The predicted octanol–water partition coefficient (Wildman–Crippen LogP) is 5.11. The molecule has 10 nitrogen and oxygen atoms in total. The number of nitrogens with one attached hydrogen (secondary N) is 1. The minimum atomic E-state index is -0.322. The number of imidazole rings is 1. The van der Waals surface area contributed by atoms with Crippen molar-refractivity contribution in [3.63, 3.8) is 0 Å². The highest BCUT2D eigenvalue weighted by molar-refractivity contribution is 5.80. The lowest BCUT2D eigenvalue weighted by atomic mass is 9.92. The largest absolute Gasteiger partial charge is 0.332 e. The van der Waals surface area contributed by atoms with Crippen molar-refractivity contribution in [3.8, 4) is 22.5 Å². The summed E-state index contributed by atoms with van der Waals surface area (Å²) in [5.74, 6) is 1.32. The van der Waals surface area contributed by atoms with E-state index in [0.717, 1.165) is 33.6 Å². The average molecular weight is 589 g/mol. The van der Waals surface area contributed by atoms with E-state index < -0.39 is 0 Å². The van der Waals surface area contributed by atoms with Gasteiger partial charge in [0.05, 0.1) is 0 Å². The second kappa shape index (κ2) is 11.9. The van der Waals surface area contributed by atoms with Crippen LogP contribution in [-0.4, -0.2) is 39.3 Å². The molecule has 6 aromatic rings. The lowest BCUT2D eigenvalue weighted by Crippen LogP contribution is -2.41. The molecule has 10 heteroatoms. The highest BCUT2D eigenvalue weighted by atomic mass is 16.2. The first kappa shape index (κ1) is 29.0. The third-order valence-corrected chi connectivity index (χ3v) is 7.78. The van der Waals surface area contributed by atoms with Gasteiger partial charge in [0.2, 0.25) is 5.82 Å². The number of aromatic amines is 1. The van der Waals surface area contributed by atoms with E-state index in [4.69, 9.17) is 4.98 Å². The van der Waals surface area contributed by atoms with Crippen LogP contribution in [0.25, 0.3) is 33.7 Å². The van der Waals surface area contributed by atoms with Gasteiger partial charge in [0, 0.05) is 31.6 Å². The van der Waals surface area contributed by atoms with E-state index in [9.17, 15) is 9.59 Å². The molecule has 3 aromatic heterocycles. The van der Waals surface area contributed by atoms with Gasteiger partial charge in [-0.05, 0) is 46.2 Å². The van der Waals surface area contributed by atoms with Crippen LogP contribution in [0.15, 0.2) is 88.5 Å². The number of hydrogen-bond donors (Lipinski definition) is 1. The Labute approximate surface area is 255 Å². The fourth-order valence-electron chi connectivity index (χ4n) is 5.66. The fraction of sp³-hybridized carbons (Fsp3) is 0.294. The Hall–Kier alpha value is -5.12. The number of benzene rings is 3. The summed E-state index contributed by atoms with van der Waals surface area (Å²) >= 11 is 0. The lowest BCUT2D eigenvalue weighted by molar-refractivity contribution is 0.394. The second-order valence-electron chi connectivity index (χ2n) is 12.2. The molecule has 0 bridgehead atoms. The number of nitrogens with zero attached hydrogens (tertiary/aromatic N) is 7. The maximum Gasteiger partial charge on any atom is 0.332 e. The van der Waals surface area contributed by atoms with Crippen molar-refractivity contribution in [1.82, 2.24) is 39.3 Å². The quantitative estimate of drug-likeness (QED) is 0.251. The Morgan fingerprint density at radius 3 is 2.16 bits per heavy atom. The third-order valence-electron chi connectivity index (χ3n) is 7.78. The van der Waals surface area contributed by atoms with Gasteiger partial charge >= 0.3 is 5.69 Å². The van der Waals surface area contributed by atoms with E-state index in [1.165, 1.54) is 4.57 Å². The minimum Gasteiger partial charge on any atom is -0.318 e. The zero-order chi connectivity index (χ0) is 30.8. The smallest absolute Gasteiger partial charge is 0.318 e. The van der Waals surface area contributed by atoms with Gasteiger partial charge in [0.25, 0.3) is 5.56 Å². The molecule has 0 aliphatic carbocycles. The maximum absolute atomic E-state index is 14.1. The molecule has 44 heavy (non-hydrogen) atoms. The molecule has 3 aromatic carbocycles. The number of H-pyrrole nitrogens is 1. The van der Waals surface area contributed by atoms with Gasteiger partial charge in [-0.25, -0.2) is 9.78 Å². The Kier molecular flexibility index (Phi) is 7.82. The molecule has 0 saturated carbocycles. The van der Waals surface area contributed by atoms with E-state index in [2.05, 4.69) is 65.7 Å². The standard InChI is InChI=1S/C34H36N8O2/c1-5-40-31-29(32(43)41(33(40)44)20-19-23-11-7-6-8-12-23)42(28(35-31)21-34(2,3)4)22-24-15-17-25(18-16-24)26-13-9-10-14-27(26)30-36-38-39-37-30/h6-18H,5,19-22H2,1-4H3,(H,36,37,38,39). The molecule has 6 rings (SSSR count). The maximum atomic E-state index is 14.1. The van der Waals surface area contributed by atoms with Crippen LogP contribution in [0.1, 0.15) is 44.6 Å². The second-order valence-corrected chi connectivity index (χ2v) is 12.2. The molecule has 0 aliphatic rings. The molecule has 0 aliphatic heterocycles. The summed E-state index contributed by atoms with van der Waals surface area (Å²) in [5.41, 5.74) is 5.20. The Bertz CT molecular complexity index is 2010. The number of hydrogen-bond acceptors (Lipinski definition) is 6. The fourth-order valence-corrected chi connectivity index (χ4v) is 5.66. The van der Waals surface area contributed by atoms with Crippen molar-refractivity contribution in [2.45, 2.75) is 60.2 Å². The Morgan fingerprint density at radius 2 is 1.50 bits per heavy atom. The number of rotatable bonds is 9. The highest BCUT2D eigenvalue weighted by Gasteiger charge is 2.24. The van der Waals surface area contributed by atoms with Crippen LogP contribution in [-0.2, 0) is 32.5 Å². The number of aromatic nitrogens is 8. The molecule has 0 amide bonds. The molecular formula is C34H36N8O2. The van der Waals surface area contributed by atoms with Crippen molar-refractivity contribution < 1.29 is 0 Å². The first-order valence-corrected chi connectivity index (χ1v) is 14.9. The van der Waals surface area contributed by atoms with Crippen LogP contribution in [0.2, 0.25) is 0 Å². The summed E-state index contributed by atoms with van der Waals surface area (Å²) in [6.45, 7) is 9.53. The summed E-state index contributed by atoms with van der Waals surface area (Å²) < 4.78 is 5.01. The van der Waals surface area contributed by atoms with Crippen molar-refractivity contribution in [2.75, 3.05) is 0 Å². The minimum absolute atomic E-state index is 0.0779. The van der Waals surface area contributed by atoms with E-state index in [1.54, 1.807) is 4.57 Å². The normalized spacial score (nSPS) is 11.8. The van der Waals surface area contributed by atoms with Crippen molar-refractivity contribution in [2.24, 2.45) is 5.41 Å². The van der Waals surface area contributed by atoms with E-state index in [0.29, 0.717) is 49.5 Å². The summed E-state index contributed by atoms with van der Waals surface area (Å²) in [6, 6.07) is 26.1. The molecular weight excluding hydrogens is 552 g/mol. The third kappa shape index (κ3) is 5.75. The molecule has 0 fully saturated rings. The summed E-state index contributed by atoms with van der Waals surface area (Å²) in [4.78, 5) is 32.6. The summed E-state index contributed by atoms with van der Waals surface area (Å²) in [7, 11) is 0.